The molecule has 2 N–H and O–H groups in total. The number of thioether (sulfide) groups is 1. The number of halogens is 2. The molecule has 0 saturated carbocycles. The van der Waals surface area contributed by atoms with E-state index in [1.807, 2.05) is 30.0 Å². The van der Waals surface area contributed by atoms with Crippen molar-refractivity contribution in [3.63, 3.8) is 0 Å². The van der Waals surface area contributed by atoms with Gasteiger partial charge in [0.15, 0.2) is 0 Å². The molecule has 0 atom stereocenters. The lowest BCUT2D eigenvalue weighted by molar-refractivity contribution is 0.627. The molecule has 4 rings (SSSR count). The van der Waals surface area contributed by atoms with Crippen LogP contribution < -0.4 is 10.6 Å². The Morgan fingerprint density at radius 3 is 2.45 bits per heavy atom. The Balaban J connectivity index is 1.37. The van der Waals surface area contributed by atoms with E-state index in [1.54, 1.807) is 12.1 Å². The average molecular weight is 471 g/mol. The third kappa shape index (κ3) is 5.86. The smallest absolute Gasteiger partial charge is 0.123 e. The molecule has 0 spiro atoms. The highest BCUT2D eigenvalue weighted by Crippen LogP contribution is 2.36. The molecule has 6 heteroatoms. The minimum absolute atomic E-state index is 0.232. The first kappa shape index (κ1) is 22.3. The van der Waals surface area contributed by atoms with Gasteiger partial charge in [0.05, 0.1) is 5.02 Å². The first-order valence-corrected chi connectivity index (χ1v) is 12.1. The molecule has 0 unspecified atom stereocenters. The van der Waals surface area contributed by atoms with Crippen molar-refractivity contribution in [1.82, 2.24) is 10.6 Å². The summed E-state index contributed by atoms with van der Waals surface area (Å²) in [6, 6.07) is 19.0. The van der Waals surface area contributed by atoms with Crippen LogP contribution >= 0.6 is 35.6 Å². The van der Waals surface area contributed by atoms with Gasteiger partial charge in [-0.1, -0.05) is 66.3 Å². The first-order chi connectivity index (χ1) is 15.1. The van der Waals surface area contributed by atoms with Crippen LogP contribution in [0, 0.1) is 5.82 Å². The second-order valence-electron chi connectivity index (χ2n) is 7.56. The molecule has 0 bridgehead atoms. The molecule has 0 fully saturated rings. The van der Waals surface area contributed by atoms with Gasteiger partial charge in [-0.05, 0) is 66.4 Å². The number of hydrogen-bond acceptors (Lipinski definition) is 3. The Labute approximate surface area is 197 Å². The summed E-state index contributed by atoms with van der Waals surface area (Å²) in [5.41, 5.74) is 6.00. The zero-order valence-corrected chi connectivity index (χ0v) is 19.5. The van der Waals surface area contributed by atoms with E-state index in [2.05, 4.69) is 28.8 Å². The Hall–Kier alpha value is -1.92. The van der Waals surface area contributed by atoms with Gasteiger partial charge in [0, 0.05) is 22.8 Å². The van der Waals surface area contributed by atoms with Crippen LogP contribution in [-0.4, -0.2) is 18.1 Å². The topological polar surface area (TPSA) is 24.1 Å². The fraction of sp³-hybridized carbons (Fsp3) is 0.240. The van der Waals surface area contributed by atoms with Gasteiger partial charge in [0.25, 0.3) is 0 Å². The highest BCUT2D eigenvalue weighted by Gasteiger charge is 2.15. The van der Waals surface area contributed by atoms with E-state index in [0.717, 1.165) is 47.8 Å². The summed E-state index contributed by atoms with van der Waals surface area (Å²) in [6.07, 6.45) is 2.07. The summed E-state index contributed by atoms with van der Waals surface area (Å²) in [5, 5.41) is 7.55. The highest BCUT2D eigenvalue weighted by atomic mass is 35.5. The molecular formula is C25H24ClFN2S2. The molecule has 0 aliphatic carbocycles. The third-order valence-corrected chi connectivity index (χ3v) is 7.44. The maximum absolute atomic E-state index is 13.0. The molecule has 0 saturated heterocycles. The van der Waals surface area contributed by atoms with Crippen LogP contribution in [0.5, 0.6) is 0 Å². The van der Waals surface area contributed by atoms with Crippen molar-refractivity contribution in [1.29, 1.82) is 0 Å². The predicted molar refractivity (Wildman–Crippen MR) is 133 cm³/mol. The minimum atomic E-state index is -0.232. The summed E-state index contributed by atoms with van der Waals surface area (Å²) in [7, 11) is 0. The van der Waals surface area contributed by atoms with E-state index in [-0.39, 0.29) is 5.82 Å². The Morgan fingerprint density at radius 1 is 0.968 bits per heavy atom. The van der Waals surface area contributed by atoms with E-state index >= 15 is 0 Å². The van der Waals surface area contributed by atoms with Gasteiger partial charge in [0.1, 0.15) is 10.8 Å². The van der Waals surface area contributed by atoms with Crippen molar-refractivity contribution in [2.24, 2.45) is 0 Å². The summed E-state index contributed by atoms with van der Waals surface area (Å²) < 4.78 is 13.0. The summed E-state index contributed by atoms with van der Waals surface area (Å²) in [4.78, 5) is 1.90. The Bertz CT molecular complexity index is 1050. The SMILES string of the molecule is Fc1ccc(CNC(=S)c2ccc(CSc3c(Cl)ccc4c3CCNCC4)cc2)cc1. The van der Waals surface area contributed by atoms with Crippen LogP contribution in [0.15, 0.2) is 65.6 Å². The van der Waals surface area contributed by atoms with Crippen LogP contribution in [0.4, 0.5) is 4.39 Å². The molecule has 31 heavy (non-hydrogen) atoms. The first-order valence-electron chi connectivity index (χ1n) is 10.4. The molecule has 160 valence electrons. The van der Waals surface area contributed by atoms with Gasteiger partial charge in [-0.15, -0.1) is 11.8 Å². The van der Waals surface area contributed by atoms with Crippen LogP contribution in [-0.2, 0) is 25.1 Å². The van der Waals surface area contributed by atoms with Crippen molar-refractivity contribution >= 4 is 40.6 Å². The molecule has 1 heterocycles. The second kappa shape index (κ2) is 10.6. The van der Waals surface area contributed by atoms with Gasteiger partial charge in [-0.2, -0.15) is 0 Å². The summed E-state index contributed by atoms with van der Waals surface area (Å²) in [6.45, 7) is 2.59. The number of nitrogens with one attached hydrogen (secondary N) is 2. The van der Waals surface area contributed by atoms with Gasteiger partial charge in [0.2, 0.25) is 0 Å². The number of rotatable bonds is 6. The van der Waals surface area contributed by atoms with Crippen molar-refractivity contribution in [3.8, 4) is 0 Å². The monoisotopic (exact) mass is 470 g/mol. The lowest BCUT2D eigenvalue weighted by Crippen LogP contribution is -2.21. The van der Waals surface area contributed by atoms with E-state index in [4.69, 9.17) is 23.8 Å². The molecule has 0 aromatic heterocycles. The Morgan fingerprint density at radius 2 is 1.68 bits per heavy atom. The number of fused-ring (bicyclic) bond motifs is 1. The van der Waals surface area contributed by atoms with Gasteiger partial charge in [-0.25, -0.2) is 4.39 Å². The lowest BCUT2D eigenvalue weighted by Gasteiger charge is -2.14. The normalized spacial score (nSPS) is 13.4. The van der Waals surface area contributed by atoms with Crippen molar-refractivity contribution in [2.45, 2.75) is 30.0 Å². The van der Waals surface area contributed by atoms with Crippen molar-refractivity contribution in [2.75, 3.05) is 13.1 Å². The molecular weight excluding hydrogens is 447 g/mol. The zero-order chi connectivity index (χ0) is 21.6. The number of benzene rings is 3. The summed E-state index contributed by atoms with van der Waals surface area (Å²) >= 11 is 13.9. The fourth-order valence-electron chi connectivity index (χ4n) is 3.66. The number of hydrogen-bond donors (Lipinski definition) is 2. The average Bonchev–Trinajstić information content (AvgIpc) is 3.04. The van der Waals surface area contributed by atoms with Crippen molar-refractivity contribution < 1.29 is 4.39 Å². The fourth-order valence-corrected chi connectivity index (χ4v) is 5.33. The maximum Gasteiger partial charge on any atom is 0.123 e. The van der Waals surface area contributed by atoms with Crippen LogP contribution in [0.3, 0.4) is 0 Å². The number of thiocarbonyl (C=S) groups is 1. The molecule has 3 aromatic rings. The molecule has 1 aliphatic heterocycles. The van der Waals surface area contributed by atoms with E-state index < -0.39 is 0 Å². The molecule has 2 nitrogen and oxygen atoms in total. The molecule has 0 radical (unpaired) electrons. The van der Waals surface area contributed by atoms with E-state index in [0.29, 0.717) is 11.5 Å². The van der Waals surface area contributed by atoms with Crippen LogP contribution in [0.25, 0.3) is 0 Å². The van der Waals surface area contributed by atoms with Gasteiger partial charge >= 0.3 is 0 Å². The quantitative estimate of drug-likeness (QED) is 0.344. The van der Waals surface area contributed by atoms with Gasteiger partial charge < -0.3 is 10.6 Å². The zero-order valence-electron chi connectivity index (χ0n) is 17.1. The van der Waals surface area contributed by atoms with E-state index in [1.165, 1.54) is 33.7 Å². The summed E-state index contributed by atoms with van der Waals surface area (Å²) in [5.74, 6) is 0.629. The van der Waals surface area contributed by atoms with Crippen LogP contribution in [0.2, 0.25) is 5.02 Å². The van der Waals surface area contributed by atoms with E-state index in [9.17, 15) is 4.39 Å². The van der Waals surface area contributed by atoms with Crippen LogP contribution in [0.1, 0.15) is 27.8 Å². The standard InChI is InChI=1S/C25H24ClFN2S2/c26-23-10-7-19-11-13-28-14-12-22(19)24(23)31-16-18-1-5-20(6-2-18)25(30)29-15-17-3-8-21(27)9-4-17/h1-10,28H,11-16H2,(H,29,30). The second-order valence-corrected chi connectivity index (χ2v) is 9.36. The van der Waals surface area contributed by atoms with Crippen molar-refractivity contribution in [3.05, 3.63) is 99.3 Å². The molecule has 1 aliphatic rings. The Kier molecular flexibility index (Phi) is 7.62. The predicted octanol–water partition coefficient (Wildman–Crippen LogP) is 5.92. The maximum atomic E-state index is 13.0. The molecule has 0 amide bonds. The van der Waals surface area contributed by atoms with Gasteiger partial charge in [-0.3, -0.25) is 0 Å². The minimum Gasteiger partial charge on any atom is -0.372 e. The molecule has 3 aromatic carbocycles. The largest absolute Gasteiger partial charge is 0.372 e. The third-order valence-electron chi connectivity index (χ3n) is 5.40. The lowest BCUT2D eigenvalue weighted by atomic mass is 10.0. The highest BCUT2D eigenvalue weighted by molar-refractivity contribution is 7.98.